The Balaban J connectivity index is 1.89. The summed E-state index contributed by atoms with van der Waals surface area (Å²) in [6, 6.07) is 12.8. The van der Waals surface area contributed by atoms with E-state index < -0.39 is 11.9 Å². The van der Waals surface area contributed by atoms with E-state index in [1.807, 2.05) is 0 Å². The van der Waals surface area contributed by atoms with E-state index in [4.69, 9.17) is 14.2 Å². The van der Waals surface area contributed by atoms with Crippen molar-refractivity contribution in [2.45, 2.75) is 6.42 Å². The average molecular weight is 390 g/mol. The second-order valence-electron chi connectivity index (χ2n) is 5.52. The minimum atomic E-state index is -0.585. The van der Waals surface area contributed by atoms with Gasteiger partial charge >= 0.3 is 11.9 Å². The minimum absolute atomic E-state index is 0.101. The fraction of sp³-hybridized carbons (Fsp3) is 0.0870. The first-order chi connectivity index (χ1) is 14.0. The second-order valence-corrected chi connectivity index (χ2v) is 5.52. The van der Waals surface area contributed by atoms with E-state index in [9.17, 15) is 14.4 Å². The molecule has 2 rings (SSSR count). The molecule has 6 nitrogen and oxygen atoms in total. The fourth-order valence-electron chi connectivity index (χ4n) is 1.98. The average Bonchev–Trinajstić information content (AvgIpc) is 2.75. The highest BCUT2D eigenvalue weighted by Gasteiger charge is 2.08. The summed E-state index contributed by atoms with van der Waals surface area (Å²) >= 11 is 0. The van der Waals surface area contributed by atoms with Crippen LogP contribution in [-0.4, -0.2) is 24.5 Å². The second kappa shape index (κ2) is 10.9. The molecule has 0 bridgehead atoms. The number of rotatable bonds is 8. The van der Waals surface area contributed by atoms with E-state index in [1.165, 1.54) is 6.08 Å². The van der Waals surface area contributed by atoms with E-state index in [2.05, 4.69) is 25.0 Å². The number of ketones is 1. The van der Waals surface area contributed by atoms with Crippen LogP contribution in [0.25, 0.3) is 0 Å². The normalized spacial score (nSPS) is 9.38. The zero-order valence-corrected chi connectivity index (χ0v) is 15.6. The number of hydrogen-bond donors (Lipinski definition) is 0. The smallest absolute Gasteiger partial charge is 0.343 e. The van der Waals surface area contributed by atoms with Crippen molar-refractivity contribution in [3.63, 3.8) is 0 Å². The Bertz CT molecular complexity index is 959. The molecule has 0 radical (unpaired) electrons. The van der Waals surface area contributed by atoms with Gasteiger partial charge in [0, 0.05) is 11.6 Å². The Hall–Kier alpha value is -4.11. The molecule has 0 atom stereocenters. The molecule has 0 aliphatic heterocycles. The van der Waals surface area contributed by atoms with Crippen molar-refractivity contribution in [1.82, 2.24) is 0 Å². The fourth-order valence-corrected chi connectivity index (χ4v) is 1.98. The lowest BCUT2D eigenvalue weighted by Crippen LogP contribution is -2.09. The van der Waals surface area contributed by atoms with Gasteiger partial charge in [-0.2, -0.15) is 0 Å². The van der Waals surface area contributed by atoms with Gasteiger partial charge in [-0.15, -0.1) is 0 Å². The molecular formula is C23H18O6. The predicted molar refractivity (Wildman–Crippen MR) is 106 cm³/mol. The lowest BCUT2D eigenvalue weighted by molar-refractivity contribution is -0.144. The molecule has 0 unspecified atom stereocenters. The van der Waals surface area contributed by atoms with E-state index in [0.717, 1.165) is 6.08 Å². The van der Waals surface area contributed by atoms with E-state index >= 15 is 0 Å². The first-order valence-electron chi connectivity index (χ1n) is 8.50. The van der Waals surface area contributed by atoms with Crippen LogP contribution in [0.5, 0.6) is 11.5 Å². The van der Waals surface area contributed by atoms with E-state index in [-0.39, 0.29) is 19.0 Å². The molecular weight excluding hydrogens is 372 g/mol. The number of esters is 2. The lowest BCUT2D eigenvalue weighted by Gasteiger charge is -2.08. The van der Waals surface area contributed by atoms with Crippen LogP contribution in [-0.2, 0) is 14.3 Å². The molecule has 0 saturated heterocycles. The van der Waals surface area contributed by atoms with Crippen LogP contribution in [0.15, 0.2) is 73.8 Å². The number of carbonyl (C=O) groups is 3. The predicted octanol–water partition coefficient (Wildman–Crippen LogP) is 3.47. The number of carbonyl (C=O) groups excluding carboxylic acids is 3. The molecule has 0 aliphatic carbocycles. The third-order valence-electron chi connectivity index (χ3n) is 3.47. The highest BCUT2D eigenvalue weighted by molar-refractivity contribution is 5.91. The molecule has 6 heteroatoms. The maximum atomic E-state index is 12.2. The molecule has 29 heavy (non-hydrogen) atoms. The minimum Gasteiger partial charge on any atom is -0.457 e. The van der Waals surface area contributed by atoms with Crippen LogP contribution in [0, 0.1) is 11.8 Å². The molecule has 0 fully saturated rings. The van der Waals surface area contributed by atoms with Crippen LogP contribution in [0.4, 0.5) is 0 Å². The number of benzene rings is 2. The molecule has 0 aliphatic rings. The Morgan fingerprint density at radius 2 is 1.55 bits per heavy atom. The van der Waals surface area contributed by atoms with Gasteiger partial charge in [-0.25, -0.2) is 9.59 Å². The van der Waals surface area contributed by atoms with Crippen molar-refractivity contribution >= 4 is 17.7 Å². The Morgan fingerprint density at radius 3 is 2.17 bits per heavy atom. The van der Waals surface area contributed by atoms with Crippen LogP contribution in [0.2, 0.25) is 0 Å². The molecule has 0 saturated carbocycles. The van der Waals surface area contributed by atoms with Crippen LogP contribution >= 0.6 is 0 Å². The molecule has 0 amide bonds. The van der Waals surface area contributed by atoms with Crippen molar-refractivity contribution < 1.29 is 28.6 Å². The van der Waals surface area contributed by atoms with Gasteiger partial charge in [-0.3, -0.25) is 4.79 Å². The molecule has 0 heterocycles. The van der Waals surface area contributed by atoms with Gasteiger partial charge in [0.25, 0.3) is 0 Å². The van der Waals surface area contributed by atoms with Gasteiger partial charge in [-0.1, -0.05) is 25.0 Å². The molecule has 2 aromatic carbocycles. The molecule has 2 aromatic rings. The maximum Gasteiger partial charge on any atom is 0.343 e. The highest BCUT2D eigenvalue weighted by atomic mass is 16.7. The molecule has 146 valence electrons. The van der Waals surface area contributed by atoms with Crippen LogP contribution in [0.1, 0.15) is 22.3 Å². The molecule has 0 N–H and O–H groups in total. The van der Waals surface area contributed by atoms with Gasteiger partial charge < -0.3 is 14.2 Å². The third kappa shape index (κ3) is 7.19. The Labute approximate surface area is 168 Å². The molecule has 0 aromatic heterocycles. The Kier molecular flexibility index (Phi) is 7.96. The van der Waals surface area contributed by atoms with Gasteiger partial charge in [0.05, 0.1) is 12.0 Å². The number of allylic oxidation sites excluding steroid dienone is 1. The monoisotopic (exact) mass is 390 g/mol. The van der Waals surface area contributed by atoms with Crippen molar-refractivity contribution in [2.75, 3.05) is 6.79 Å². The maximum absolute atomic E-state index is 12.2. The van der Waals surface area contributed by atoms with Gasteiger partial charge in [0.15, 0.2) is 5.78 Å². The number of hydrogen-bond acceptors (Lipinski definition) is 6. The van der Waals surface area contributed by atoms with Crippen molar-refractivity contribution in [2.24, 2.45) is 0 Å². The summed E-state index contributed by atoms with van der Waals surface area (Å²) in [5.74, 6) is 5.09. The molecule has 0 spiro atoms. The first-order valence-corrected chi connectivity index (χ1v) is 8.50. The SMILES string of the molecule is C=CC(=O)CC#Cc1ccc(C(=O)Oc2ccc(OCOC(=O)C=C)cc2)cc1. The Morgan fingerprint density at radius 1 is 0.897 bits per heavy atom. The lowest BCUT2D eigenvalue weighted by atomic mass is 10.1. The third-order valence-corrected chi connectivity index (χ3v) is 3.47. The topological polar surface area (TPSA) is 78.9 Å². The summed E-state index contributed by atoms with van der Waals surface area (Å²) < 4.78 is 15.2. The summed E-state index contributed by atoms with van der Waals surface area (Å²) in [6.45, 7) is 6.41. The highest BCUT2D eigenvalue weighted by Crippen LogP contribution is 2.19. The van der Waals surface area contributed by atoms with Gasteiger partial charge in [-0.05, 0) is 54.6 Å². The van der Waals surface area contributed by atoms with Gasteiger partial charge in [0.2, 0.25) is 6.79 Å². The first kappa shape index (κ1) is 21.2. The van der Waals surface area contributed by atoms with E-state index in [0.29, 0.717) is 22.6 Å². The van der Waals surface area contributed by atoms with Gasteiger partial charge in [0.1, 0.15) is 11.5 Å². The standard InChI is InChI=1S/C23H18O6/c1-3-19(24)7-5-6-17-8-10-18(11-9-17)23(26)29-21-14-12-20(13-15-21)27-16-28-22(25)4-2/h3-4,8-15H,1-2,7,16H2. The summed E-state index contributed by atoms with van der Waals surface area (Å²) in [6.07, 6.45) is 2.36. The van der Waals surface area contributed by atoms with Crippen molar-refractivity contribution in [3.8, 4) is 23.3 Å². The summed E-state index contributed by atoms with van der Waals surface area (Å²) in [7, 11) is 0. The zero-order valence-electron chi connectivity index (χ0n) is 15.6. The van der Waals surface area contributed by atoms with Crippen LogP contribution in [0.3, 0.4) is 0 Å². The van der Waals surface area contributed by atoms with Crippen molar-refractivity contribution in [1.29, 1.82) is 0 Å². The van der Waals surface area contributed by atoms with Crippen molar-refractivity contribution in [3.05, 3.63) is 85.0 Å². The quantitative estimate of drug-likeness (QED) is 0.226. The zero-order chi connectivity index (χ0) is 21.1. The summed E-state index contributed by atoms with van der Waals surface area (Å²) in [5.41, 5.74) is 1.03. The summed E-state index contributed by atoms with van der Waals surface area (Å²) in [4.78, 5) is 34.3. The van der Waals surface area contributed by atoms with E-state index in [1.54, 1.807) is 48.5 Å². The van der Waals surface area contributed by atoms with Crippen LogP contribution < -0.4 is 9.47 Å². The number of ether oxygens (including phenoxy) is 3. The largest absolute Gasteiger partial charge is 0.457 e. The summed E-state index contributed by atoms with van der Waals surface area (Å²) in [5, 5.41) is 0.